The minimum atomic E-state index is -0.247. The van der Waals surface area contributed by atoms with Crippen molar-refractivity contribution in [3.8, 4) is 0 Å². The van der Waals surface area contributed by atoms with E-state index in [1.807, 2.05) is 24.4 Å². The first-order chi connectivity index (χ1) is 10.7. The Kier molecular flexibility index (Phi) is 3.44. The predicted octanol–water partition coefficient (Wildman–Crippen LogP) is 3.74. The molecule has 22 heavy (non-hydrogen) atoms. The van der Waals surface area contributed by atoms with Crippen LogP contribution >= 0.6 is 11.6 Å². The third-order valence-electron chi connectivity index (χ3n) is 4.67. The van der Waals surface area contributed by atoms with E-state index in [-0.39, 0.29) is 11.7 Å². The van der Waals surface area contributed by atoms with Gasteiger partial charge in [0.2, 0.25) is 0 Å². The van der Waals surface area contributed by atoms with Crippen LogP contribution < -0.4 is 5.32 Å². The molecule has 1 fully saturated rings. The van der Waals surface area contributed by atoms with Crippen LogP contribution in [0.2, 0.25) is 5.02 Å². The van der Waals surface area contributed by atoms with E-state index >= 15 is 0 Å². The van der Waals surface area contributed by atoms with Gasteiger partial charge in [-0.25, -0.2) is 0 Å². The molecule has 1 saturated heterocycles. The number of ether oxygens (including phenoxy) is 1. The molecule has 1 unspecified atom stereocenters. The Morgan fingerprint density at radius 2 is 2.09 bits per heavy atom. The molecule has 1 aromatic heterocycles. The number of piperidine rings is 1. The van der Waals surface area contributed by atoms with E-state index in [4.69, 9.17) is 16.3 Å². The van der Waals surface area contributed by atoms with Crippen LogP contribution in [0.25, 0.3) is 0 Å². The van der Waals surface area contributed by atoms with Crippen LogP contribution in [-0.2, 0) is 10.3 Å². The molecule has 2 aromatic rings. The average molecular weight is 315 g/mol. The highest BCUT2D eigenvalue weighted by Gasteiger charge is 2.47. The minimum absolute atomic E-state index is 0.0702. The van der Waals surface area contributed by atoms with Crippen molar-refractivity contribution in [1.82, 2.24) is 10.3 Å². The summed E-state index contributed by atoms with van der Waals surface area (Å²) in [6, 6.07) is 10.3. The number of nitrogens with one attached hydrogen (secondary N) is 1. The molecular weight excluding hydrogens is 296 g/mol. The summed E-state index contributed by atoms with van der Waals surface area (Å²) in [7, 11) is 0. The molecule has 114 valence electrons. The molecule has 1 aromatic carbocycles. The molecule has 2 aliphatic heterocycles. The lowest BCUT2D eigenvalue weighted by molar-refractivity contribution is -0.0818. The van der Waals surface area contributed by atoms with Crippen molar-refractivity contribution in [1.29, 1.82) is 0 Å². The minimum Gasteiger partial charge on any atom is -0.356 e. The van der Waals surface area contributed by atoms with Crippen LogP contribution in [0.4, 0.5) is 0 Å². The SMILES string of the molecule is Cc1cc(Cl)cc(C2OC3(CCNCC3)c3ncccc32)c1. The maximum absolute atomic E-state index is 6.60. The van der Waals surface area contributed by atoms with Crippen molar-refractivity contribution in [2.24, 2.45) is 0 Å². The van der Waals surface area contributed by atoms with Gasteiger partial charge in [-0.3, -0.25) is 4.98 Å². The van der Waals surface area contributed by atoms with Crippen molar-refractivity contribution in [3.63, 3.8) is 0 Å². The molecule has 0 amide bonds. The standard InChI is InChI=1S/C18H19ClN2O/c1-12-9-13(11-14(19)10-12)16-15-3-2-6-21-17(15)18(22-16)4-7-20-8-5-18/h2-3,6,9-11,16,20H,4-5,7-8H2,1H3. The monoisotopic (exact) mass is 314 g/mol. The molecular formula is C18H19ClN2O. The highest BCUT2D eigenvalue weighted by atomic mass is 35.5. The molecule has 2 aliphatic rings. The highest BCUT2D eigenvalue weighted by molar-refractivity contribution is 6.30. The largest absolute Gasteiger partial charge is 0.356 e. The van der Waals surface area contributed by atoms with E-state index in [0.29, 0.717) is 0 Å². The van der Waals surface area contributed by atoms with Gasteiger partial charge < -0.3 is 10.1 Å². The van der Waals surface area contributed by atoms with Gasteiger partial charge in [0, 0.05) is 16.8 Å². The van der Waals surface area contributed by atoms with E-state index < -0.39 is 0 Å². The molecule has 3 nitrogen and oxygen atoms in total. The van der Waals surface area contributed by atoms with Gasteiger partial charge in [0.05, 0.1) is 5.69 Å². The summed E-state index contributed by atoms with van der Waals surface area (Å²) >= 11 is 6.25. The fraction of sp³-hybridized carbons (Fsp3) is 0.389. The smallest absolute Gasteiger partial charge is 0.114 e. The average Bonchev–Trinajstić information content (AvgIpc) is 2.82. The number of rotatable bonds is 1. The number of halogens is 1. The summed E-state index contributed by atoms with van der Waals surface area (Å²) in [5, 5.41) is 4.17. The normalized spacial score (nSPS) is 22.7. The Balaban J connectivity index is 1.82. The summed E-state index contributed by atoms with van der Waals surface area (Å²) in [5.41, 5.74) is 4.32. The van der Waals surface area contributed by atoms with Crippen molar-refractivity contribution in [2.45, 2.75) is 31.5 Å². The van der Waals surface area contributed by atoms with Crippen molar-refractivity contribution >= 4 is 11.6 Å². The highest BCUT2D eigenvalue weighted by Crippen LogP contribution is 2.49. The van der Waals surface area contributed by atoms with E-state index in [1.54, 1.807) is 0 Å². The number of fused-ring (bicyclic) bond motifs is 2. The van der Waals surface area contributed by atoms with Gasteiger partial charge in [-0.05, 0) is 62.2 Å². The number of pyridine rings is 1. The Hall–Kier alpha value is -1.42. The Morgan fingerprint density at radius 1 is 1.27 bits per heavy atom. The number of aryl methyl sites for hydroxylation is 1. The van der Waals surface area contributed by atoms with Crippen LogP contribution in [0.15, 0.2) is 36.5 Å². The first kappa shape index (κ1) is 14.2. The van der Waals surface area contributed by atoms with Gasteiger partial charge >= 0.3 is 0 Å². The van der Waals surface area contributed by atoms with Crippen LogP contribution in [0.5, 0.6) is 0 Å². The Bertz CT molecular complexity index is 690. The van der Waals surface area contributed by atoms with Gasteiger partial charge in [0.1, 0.15) is 11.7 Å². The van der Waals surface area contributed by atoms with E-state index in [2.05, 4.69) is 29.4 Å². The number of hydrogen-bond donors (Lipinski definition) is 1. The van der Waals surface area contributed by atoms with E-state index in [0.717, 1.165) is 47.8 Å². The second-order valence-electron chi connectivity index (χ2n) is 6.25. The Morgan fingerprint density at radius 3 is 2.86 bits per heavy atom. The summed E-state index contributed by atoms with van der Waals surface area (Å²) < 4.78 is 6.60. The zero-order chi connectivity index (χ0) is 15.2. The first-order valence-electron chi connectivity index (χ1n) is 7.79. The number of hydrogen-bond acceptors (Lipinski definition) is 3. The number of benzene rings is 1. The molecule has 1 spiro atoms. The second kappa shape index (κ2) is 5.34. The lowest BCUT2D eigenvalue weighted by Gasteiger charge is -2.34. The van der Waals surface area contributed by atoms with Gasteiger partial charge in [0.15, 0.2) is 0 Å². The Labute approximate surface area is 135 Å². The number of nitrogens with zero attached hydrogens (tertiary/aromatic N) is 1. The molecule has 1 N–H and O–H groups in total. The van der Waals surface area contributed by atoms with Gasteiger partial charge in [-0.15, -0.1) is 0 Å². The third-order valence-corrected chi connectivity index (χ3v) is 4.89. The van der Waals surface area contributed by atoms with Crippen molar-refractivity contribution < 1.29 is 4.74 Å². The molecule has 0 radical (unpaired) electrons. The van der Waals surface area contributed by atoms with Crippen molar-refractivity contribution in [3.05, 3.63) is 63.9 Å². The molecule has 4 rings (SSSR count). The van der Waals surface area contributed by atoms with Gasteiger partial charge in [-0.2, -0.15) is 0 Å². The first-order valence-corrected chi connectivity index (χ1v) is 8.17. The third kappa shape index (κ3) is 2.24. The lowest BCUT2D eigenvalue weighted by atomic mass is 9.87. The summed E-state index contributed by atoms with van der Waals surface area (Å²) in [5.74, 6) is 0. The lowest BCUT2D eigenvalue weighted by Crippen LogP contribution is -2.40. The zero-order valence-electron chi connectivity index (χ0n) is 12.6. The topological polar surface area (TPSA) is 34.1 Å². The second-order valence-corrected chi connectivity index (χ2v) is 6.68. The zero-order valence-corrected chi connectivity index (χ0v) is 13.4. The summed E-state index contributed by atoms with van der Waals surface area (Å²) in [6.45, 7) is 4.00. The molecule has 3 heterocycles. The van der Waals surface area contributed by atoms with Crippen LogP contribution in [0.1, 0.15) is 41.3 Å². The molecule has 0 saturated carbocycles. The maximum Gasteiger partial charge on any atom is 0.114 e. The van der Waals surface area contributed by atoms with Gasteiger partial charge in [0.25, 0.3) is 0 Å². The maximum atomic E-state index is 6.60. The van der Waals surface area contributed by atoms with Crippen LogP contribution in [0.3, 0.4) is 0 Å². The van der Waals surface area contributed by atoms with E-state index in [9.17, 15) is 0 Å². The number of aromatic nitrogens is 1. The van der Waals surface area contributed by atoms with E-state index in [1.165, 1.54) is 5.56 Å². The summed E-state index contributed by atoms with van der Waals surface area (Å²) in [4.78, 5) is 4.67. The van der Waals surface area contributed by atoms with Crippen molar-refractivity contribution in [2.75, 3.05) is 13.1 Å². The predicted molar refractivity (Wildman–Crippen MR) is 87.1 cm³/mol. The molecule has 1 atom stereocenters. The fourth-order valence-electron chi connectivity index (χ4n) is 3.70. The van der Waals surface area contributed by atoms with Crippen LogP contribution in [-0.4, -0.2) is 18.1 Å². The molecule has 0 aliphatic carbocycles. The summed E-state index contributed by atoms with van der Waals surface area (Å²) in [6.07, 6.45) is 3.73. The quantitative estimate of drug-likeness (QED) is 0.870. The molecule has 0 bridgehead atoms. The fourth-order valence-corrected chi connectivity index (χ4v) is 4.00. The van der Waals surface area contributed by atoms with Gasteiger partial charge in [-0.1, -0.05) is 23.7 Å². The van der Waals surface area contributed by atoms with Crippen LogP contribution in [0, 0.1) is 6.92 Å². The molecule has 4 heteroatoms.